The van der Waals surface area contributed by atoms with Crippen LogP contribution in [0.2, 0.25) is 0 Å². The predicted octanol–water partition coefficient (Wildman–Crippen LogP) is 4.49. The van der Waals surface area contributed by atoms with Crippen molar-refractivity contribution in [2.45, 2.75) is 19.4 Å². The molecule has 6 nitrogen and oxygen atoms in total. The number of fused-ring (bicyclic) bond motifs is 1. The van der Waals surface area contributed by atoms with Gasteiger partial charge in [-0.05, 0) is 66.4 Å². The van der Waals surface area contributed by atoms with E-state index in [1.54, 1.807) is 38.5 Å². The summed E-state index contributed by atoms with van der Waals surface area (Å²) in [6.07, 6.45) is 0.805. The summed E-state index contributed by atoms with van der Waals surface area (Å²) in [7, 11) is 3.27. The molecule has 3 aromatic rings. The Labute approximate surface area is 194 Å². The van der Waals surface area contributed by atoms with Crippen LogP contribution in [0.15, 0.2) is 66.7 Å². The number of Topliss-reactive ketones (excluding diaryl/α,β-unsaturated/α-hetero) is 1. The lowest BCUT2D eigenvalue weighted by Crippen LogP contribution is -2.41. The van der Waals surface area contributed by atoms with Crippen molar-refractivity contribution in [1.82, 2.24) is 4.90 Å². The Balaban J connectivity index is 1.61. The Kier molecular flexibility index (Phi) is 6.75. The lowest BCUT2D eigenvalue weighted by atomic mass is 9.87. The summed E-state index contributed by atoms with van der Waals surface area (Å²) in [5.41, 5.74) is 4.71. The number of methoxy groups -OCH3 is 2. The van der Waals surface area contributed by atoms with Gasteiger partial charge in [0.05, 0.1) is 26.8 Å². The summed E-state index contributed by atoms with van der Waals surface area (Å²) in [5, 5.41) is 2.96. The molecular weight excluding hydrogens is 416 g/mol. The molecule has 0 bridgehead atoms. The number of amides is 1. The number of ketones is 1. The maximum absolute atomic E-state index is 12.9. The molecule has 1 heterocycles. The number of carbonyl (C=O) groups excluding carboxylic acids is 2. The molecule has 0 saturated carbocycles. The fourth-order valence-electron chi connectivity index (χ4n) is 4.37. The molecule has 33 heavy (non-hydrogen) atoms. The molecule has 3 aromatic carbocycles. The second-order valence-corrected chi connectivity index (χ2v) is 8.12. The smallest absolute Gasteiger partial charge is 0.238 e. The third-order valence-electron chi connectivity index (χ3n) is 6.01. The molecule has 1 aliphatic rings. The van der Waals surface area contributed by atoms with Crippen LogP contribution in [0.3, 0.4) is 0 Å². The molecule has 1 N–H and O–H groups in total. The van der Waals surface area contributed by atoms with Crippen molar-refractivity contribution in [3.8, 4) is 11.5 Å². The van der Waals surface area contributed by atoms with E-state index in [-0.39, 0.29) is 24.3 Å². The van der Waals surface area contributed by atoms with Gasteiger partial charge in [-0.2, -0.15) is 0 Å². The third kappa shape index (κ3) is 4.91. The molecule has 1 amide bonds. The van der Waals surface area contributed by atoms with E-state index in [1.165, 1.54) is 12.5 Å². The van der Waals surface area contributed by atoms with Gasteiger partial charge in [-0.3, -0.25) is 14.5 Å². The summed E-state index contributed by atoms with van der Waals surface area (Å²) in [5.74, 6) is 1.28. The summed E-state index contributed by atoms with van der Waals surface area (Å²) in [6.45, 7) is 2.50. The average molecular weight is 445 g/mol. The van der Waals surface area contributed by atoms with Gasteiger partial charge in [0.15, 0.2) is 17.3 Å². The first-order valence-electron chi connectivity index (χ1n) is 10.9. The van der Waals surface area contributed by atoms with Crippen LogP contribution < -0.4 is 14.8 Å². The minimum Gasteiger partial charge on any atom is -0.493 e. The zero-order valence-electron chi connectivity index (χ0n) is 19.1. The number of rotatable bonds is 7. The molecule has 6 heteroatoms. The topological polar surface area (TPSA) is 67.9 Å². The number of carbonyl (C=O) groups is 2. The van der Waals surface area contributed by atoms with E-state index in [1.807, 2.05) is 30.3 Å². The largest absolute Gasteiger partial charge is 0.493 e. The molecular formula is C27H28N2O4. The van der Waals surface area contributed by atoms with Crippen molar-refractivity contribution in [3.63, 3.8) is 0 Å². The normalized spacial score (nSPS) is 15.4. The molecule has 0 radical (unpaired) electrons. The number of ether oxygens (including phenoxy) is 2. The van der Waals surface area contributed by atoms with Crippen LogP contribution >= 0.6 is 0 Å². The van der Waals surface area contributed by atoms with Crippen molar-refractivity contribution >= 4 is 17.4 Å². The van der Waals surface area contributed by atoms with Gasteiger partial charge < -0.3 is 14.8 Å². The molecule has 1 unspecified atom stereocenters. The van der Waals surface area contributed by atoms with Crippen molar-refractivity contribution < 1.29 is 19.1 Å². The molecule has 0 aromatic heterocycles. The molecule has 0 saturated heterocycles. The van der Waals surface area contributed by atoms with Gasteiger partial charge in [-0.25, -0.2) is 0 Å². The van der Waals surface area contributed by atoms with Crippen LogP contribution in [0.25, 0.3) is 0 Å². The standard InChI is InChI=1S/C27H28N2O4/c1-18(30)19-9-11-22(12-10-19)28-26(31)17-29-14-13-21-15-24(32-2)25(33-3)16-23(21)27(29)20-7-5-4-6-8-20/h4-12,15-16,27H,13-14,17H2,1-3H3,(H,28,31). The van der Waals surface area contributed by atoms with Gasteiger partial charge in [0.1, 0.15) is 0 Å². The molecule has 1 aliphatic heterocycles. The minimum atomic E-state index is -0.101. The first-order chi connectivity index (χ1) is 16.0. The fourth-order valence-corrected chi connectivity index (χ4v) is 4.37. The van der Waals surface area contributed by atoms with Crippen LogP contribution in [0.1, 0.15) is 40.0 Å². The molecule has 4 rings (SSSR count). The van der Waals surface area contributed by atoms with Gasteiger partial charge in [0.25, 0.3) is 0 Å². The lowest BCUT2D eigenvalue weighted by Gasteiger charge is -2.37. The summed E-state index contributed by atoms with van der Waals surface area (Å²) in [4.78, 5) is 26.6. The van der Waals surface area contributed by atoms with Crippen molar-refractivity contribution in [2.75, 3.05) is 32.6 Å². The molecule has 170 valence electrons. The maximum Gasteiger partial charge on any atom is 0.238 e. The Bertz CT molecular complexity index is 1140. The number of anilines is 1. The lowest BCUT2D eigenvalue weighted by molar-refractivity contribution is -0.117. The summed E-state index contributed by atoms with van der Waals surface area (Å²) >= 11 is 0. The molecule has 1 atom stereocenters. The Morgan fingerprint density at radius 1 is 0.970 bits per heavy atom. The Morgan fingerprint density at radius 2 is 1.64 bits per heavy atom. The highest BCUT2D eigenvalue weighted by molar-refractivity contribution is 5.96. The van der Waals surface area contributed by atoms with Gasteiger partial charge in [0, 0.05) is 17.8 Å². The SMILES string of the molecule is COc1cc2c(cc1OC)C(c1ccccc1)N(CC(=O)Nc1ccc(C(C)=O)cc1)CC2. The summed E-state index contributed by atoms with van der Waals surface area (Å²) < 4.78 is 11.1. The van der Waals surface area contributed by atoms with E-state index < -0.39 is 0 Å². The molecule has 0 aliphatic carbocycles. The minimum absolute atomic E-state index is 0.00220. The third-order valence-corrected chi connectivity index (χ3v) is 6.01. The Morgan fingerprint density at radius 3 is 2.27 bits per heavy atom. The van der Waals surface area contributed by atoms with Gasteiger partial charge in [-0.1, -0.05) is 30.3 Å². The monoisotopic (exact) mass is 444 g/mol. The highest BCUT2D eigenvalue weighted by Crippen LogP contribution is 2.40. The first-order valence-corrected chi connectivity index (χ1v) is 10.9. The van der Waals surface area contributed by atoms with E-state index in [0.29, 0.717) is 22.7 Å². The second kappa shape index (κ2) is 9.88. The highest BCUT2D eigenvalue weighted by atomic mass is 16.5. The summed E-state index contributed by atoms with van der Waals surface area (Å²) in [6, 6.07) is 21.1. The van der Waals surface area contributed by atoms with Crippen LogP contribution in [-0.4, -0.2) is 43.9 Å². The first kappa shape index (κ1) is 22.6. The van der Waals surface area contributed by atoms with Crippen LogP contribution in [0, 0.1) is 0 Å². The van der Waals surface area contributed by atoms with Gasteiger partial charge in [-0.15, -0.1) is 0 Å². The van der Waals surface area contributed by atoms with Crippen LogP contribution in [0.5, 0.6) is 11.5 Å². The van der Waals surface area contributed by atoms with Crippen molar-refractivity contribution in [1.29, 1.82) is 0 Å². The number of benzene rings is 3. The van der Waals surface area contributed by atoms with Crippen LogP contribution in [0.4, 0.5) is 5.69 Å². The van der Waals surface area contributed by atoms with Gasteiger partial charge >= 0.3 is 0 Å². The molecule has 0 fully saturated rings. The number of hydrogen-bond acceptors (Lipinski definition) is 5. The number of nitrogens with one attached hydrogen (secondary N) is 1. The fraction of sp³-hybridized carbons (Fsp3) is 0.259. The maximum atomic E-state index is 12.9. The van der Waals surface area contributed by atoms with E-state index in [9.17, 15) is 9.59 Å². The number of hydrogen-bond donors (Lipinski definition) is 1. The van der Waals surface area contributed by atoms with Crippen molar-refractivity contribution in [2.24, 2.45) is 0 Å². The quantitative estimate of drug-likeness (QED) is 0.544. The van der Waals surface area contributed by atoms with E-state index in [0.717, 1.165) is 24.1 Å². The van der Waals surface area contributed by atoms with E-state index in [2.05, 4.69) is 22.3 Å². The molecule has 0 spiro atoms. The Hall–Kier alpha value is -3.64. The van der Waals surface area contributed by atoms with Gasteiger partial charge in [0.2, 0.25) is 5.91 Å². The number of nitrogens with zero attached hydrogens (tertiary/aromatic N) is 1. The van der Waals surface area contributed by atoms with E-state index in [4.69, 9.17) is 9.47 Å². The zero-order valence-corrected chi connectivity index (χ0v) is 19.1. The zero-order chi connectivity index (χ0) is 23.4. The van der Waals surface area contributed by atoms with Crippen LogP contribution in [-0.2, 0) is 11.2 Å². The van der Waals surface area contributed by atoms with E-state index >= 15 is 0 Å². The predicted molar refractivity (Wildman–Crippen MR) is 128 cm³/mol. The highest BCUT2D eigenvalue weighted by Gasteiger charge is 2.31. The second-order valence-electron chi connectivity index (χ2n) is 8.12. The average Bonchev–Trinajstić information content (AvgIpc) is 2.83. The van der Waals surface area contributed by atoms with Crippen molar-refractivity contribution in [3.05, 3.63) is 89.0 Å².